The first-order valence-corrected chi connectivity index (χ1v) is 12.1. The molecule has 1 fully saturated rings. The molecule has 0 bridgehead atoms. The topological polar surface area (TPSA) is 65.8 Å². The first kappa shape index (κ1) is 24.2. The molecule has 0 atom stereocenters. The van der Waals surface area contributed by atoms with Crippen LogP contribution in [0.2, 0.25) is 0 Å². The van der Waals surface area contributed by atoms with Crippen LogP contribution in [0.25, 0.3) is 11.0 Å². The molecule has 1 saturated heterocycles. The number of nitrogens with zero attached hydrogens (tertiary/aromatic N) is 2. The Balaban J connectivity index is 1.37. The van der Waals surface area contributed by atoms with Gasteiger partial charge in [0.1, 0.15) is 5.58 Å². The lowest BCUT2D eigenvalue weighted by molar-refractivity contribution is -0.137. The van der Waals surface area contributed by atoms with Crippen LogP contribution in [0.5, 0.6) is 0 Å². The summed E-state index contributed by atoms with van der Waals surface area (Å²) in [5.41, 5.74) is 0.397. The van der Waals surface area contributed by atoms with Gasteiger partial charge in [-0.15, -0.1) is 0 Å². The number of nitrogens with one attached hydrogen (secondary N) is 1. The number of rotatable bonds is 6. The van der Waals surface area contributed by atoms with E-state index in [0.717, 1.165) is 17.0 Å². The molecule has 1 aromatic heterocycles. The molecule has 1 N–H and O–H groups in total. The molecule has 1 aliphatic rings. The van der Waals surface area contributed by atoms with E-state index in [4.69, 9.17) is 4.42 Å². The van der Waals surface area contributed by atoms with Gasteiger partial charge in [0.15, 0.2) is 5.76 Å². The van der Waals surface area contributed by atoms with E-state index in [2.05, 4.69) is 5.32 Å². The number of furan rings is 1. The van der Waals surface area contributed by atoms with Crippen LogP contribution in [0.3, 0.4) is 0 Å². The van der Waals surface area contributed by atoms with Crippen LogP contribution in [0.4, 0.5) is 18.9 Å². The maximum atomic E-state index is 13.2. The fraction of sp³-hybridized carbons (Fsp3) is 0.333. The van der Waals surface area contributed by atoms with Crippen LogP contribution in [0.15, 0.2) is 52.9 Å². The summed E-state index contributed by atoms with van der Waals surface area (Å²) < 4.78 is 45.3. The molecule has 10 heteroatoms. The number of benzene rings is 2. The Morgan fingerprint density at radius 3 is 2.41 bits per heavy atom. The second kappa shape index (κ2) is 10.1. The van der Waals surface area contributed by atoms with Gasteiger partial charge in [0.25, 0.3) is 5.91 Å². The average molecular weight is 492 g/mol. The number of carbonyl (C=O) groups is 2. The molecule has 0 spiro atoms. The van der Waals surface area contributed by atoms with E-state index >= 15 is 0 Å². The minimum Gasteiger partial charge on any atom is -0.451 e. The fourth-order valence-corrected chi connectivity index (χ4v) is 4.62. The number of alkyl halides is 3. The van der Waals surface area contributed by atoms with Crippen LogP contribution in [0, 0.1) is 0 Å². The molecule has 4 rings (SSSR count). The molecule has 0 unspecified atom stereocenters. The molecular weight excluding hydrogens is 467 g/mol. The van der Waals surface area contributed by atoms with Gasteiger partial charge in [-0.3, -0.25) is 14.5 Å². The number of fused-ring (bicyclic) bond motifs is 1. The number of thioether (sulfide) groups is 1. The molecule has 3 aromatic rings. The van der Waals surface area contributed by atoms with E-state index in [-0.39, 0.29) is 18.1 Å². The van der Waals surface area contributed by atoms with E-state index in [0.29, 0.717) is 43.3 Å². The van der Waals surface area contributed by atoms with Crippen molar-refractivity contribution in [1.82, 2.24) is 9.80 Å². The largest absolute Gasteiger partial charge is 0.451 e. The molecule has 0 saturated carbocycles. The Morgan fingerprint density at radius 1 is 1.03 bits per heavy atom. The molecule has 180 valence electrons. The standard InChI is InChI=1S/C24H24F3N3O3S/c1-34-15-17-16-6-2-5-9-20(16)33-22(17)23(32)30-12-10-29(11-13-30)14-21(31)28-19-8-4-3-7-18(19)24(25,26)27/h2-9H,10-15H2,1H3,(H,28,31). The van der Waals surface area contributed by atoms with Crippen LogP contribution in [-0.2, 0) is 16.7 Å². The summed E-state index contributed by atoms with van der Waals surface area (Å²) in [7, 11) is 0. The normalized spacial score (nSPS) is 15.0. The predicted molar refractivity (Wildman–Crippen MR) is 126 cm³/mol. The highest BCUT2D eigenvalue weighted by molar-refractivity contribution is 7.97. The first-order chi connectivity index (χ1) is 16.3. The second-order valence-corrected chi connectivity index (χ2v) is 8.86. The number of carbonyl (C=O) groups excluding carboxylic acids is 2. The Labute approximate surface area is 199 Å². The SMILES string of the molecule is CSCc1c(C(=O)N2CCN(CC(=O)Nc3ccccc3C(F)(F)F)CC2)oc2ccccc12. The Kier molecular flexibility index (Phi) is 7.18. The lowest BCUT2D eigenvalue weighted by atomic mass is 10.1. The van der Waals surface area contributed by atoms with Gasteiger partial charge in [0, 0.05) is 42.9 Å². The number of anilines is 1. The monoisotopic (exact) mass is 491 g/mol. The number of amides is 2. The number of piperazine rings is 1. The van der Waals surface area contributed by atoms with Crippen molar-refractivity contribution in [2.75, 3.05) is 44.3 Å². The summed E-state index contributed by atoms with van der Waals surface area (Å²) in [6.45, 7) is 1.58. The van der Waals surface area contributed by atoms with Crippen molar-refractivity contribution < 1.29 is 27.2 Å². The van der Waals surface area contributed by atoms with Crippen molar-refractivity contribution >= 4 is 40.2 Å². The smallest absolute Gasteiger partial charge is 0.418 e. The third kappa shape index (κ3) is 5.23. The molecule has 2 aromatic carbocycles. The molecular formula is C24H24F3N3O3S. The summed E-state index contributed by atoms with van der Waals surface area (Å²) >= 11 is 1.61. The molecule has 0 aliphatic carbocycles. The van der Waals surface area contributed by atoms with E-state index in [1.807, 2.05) is 35.4 Å². The third-order valence-corrected chi connectivity index (χ3v) is 6.29. The summed E-state index contributed by atoms with van der Waals surface area (Å²) in [6.07, 6.45) is -2.59. The zero-order valence-corrected chi connectivity index (χ0v) is 19.3. The Bertz CT molecular complexity index is 1190. The molecule has 2 amide bonds. The zero-order valence-electron chi connectivity index (χ0n) is 18.5. The van der Waals surface area contributed by atoms with Crippen molar-refractivity contribution in [3.8, 4) is 0 Å². The van der Waals surface area contributed by atoms with E-state index in [1.165, 1.54) is 18.2 Å². The van der Waals surface area contributed by atoms with Crippen LogP contribution in [0.1, 0.15) is 21.7 Å². The van der Waals surface area contributed by atoms with Gasteiger partial charge in [-0.05, 0) is 24.5 Å². The molecule has 6 nitrogen and oxygen atoms in total. The van der Waals surface area contributed by atoms with Gasteiger partial charge in [-0.25, -0.2) is 0 Å². The van der Waals surface area contributed by atoms with Gasteiger partial charge < -0.3 is 14.6 Å². The summed E-state index contributed by atoms with van der Waals surface area (Å²) in [5.74, 6) is 0.266. The number of hydrogen-bond donors (Lipinski definition) is 1. The van der Waals surface area contributed by atoms with Crippen molar-refractivity contribution in [3.63, 3.8) is 0 Å². The highest BCUT2D eigenvalue weighted by Gasteiger charge is 2.34. The van der Waals surface area contributed by atoms with Crippen LogP contribution >= 0.6 is 11.8 Å². The summed E-state index contributed by atoms with van der Waals surface area (Å²) in [5, 5.41) is 3.29. The predicted octanol–water partition coefficient (Wildman–Crippen LogP) is 4.71. The third-order valence-electron chi connectivity index (χ3n) is 5.71. The van der Waals surface area contributed by atoms with Crippen LogP contribution in [-0.4, -0.2) is 60.6 Å². The number of hydrogen-bond acceptors (Lipinski definition) is 5. The molecule has 1 aliphatic heterocycles. The maximum Gasteiger partial charge on any atom is 0.418 e. The maximum absolute atomic E-state index is 13.2. The average Bonchev–Trinajstić information content (AvgIpc) is 3.17. The lowest BCUT2D eigenvalue weighted by Crippen LogP contribution is -2.50. The minimum absolute atomic E-state index is 0.0589. The molecule has 2 heterocycles. The number of halogens is 3. The van der Waals surface area contributed by atoms with Gasteiger partial charge in [-0.2, -0.15) is 24.9 Å². The highest BCUT2D eigenvalue weighted by Crippen LogP contribution is 2.34. The van der Waals surface area contributed by atoms with Crippen LogP contribution < -0.4 is 5.32 Å². The highest BCUT2D eigenvalue weighted by atomic mass is 32.2. The van der Waals surface area contributed by atoms with Gasteiger partial charge in [0.05, 0.1) is 17.8 Å². The quantitative estimate of drug-likeness (QED) is 0.541. The van der Waals surface area contributed by atoms with E-state index < -0.39 is 17.6 Å². The fourth-order valence-electron chi connectivity index (χ4n) is 4.04. The van der Waals surface area contributed by atoms with Crippen molar-refractivity contribution in [3.05, 3.63) is 65.4 Å². The van der Waals surface area contributed by atoms with Gasteiger partial charge in [0.2, 0.25) is 5.91 Å². The van der Waals surface area contributed by atoms with Crippen molar-refractivity contribution in [2.24, 2.45) is 0 Å². The summed E-state index contributed by atoms with van der Waals surface area (Å²) in [6, 6.07) is 12.4. The lowest BCUT2D eigenvalue weighted by Gasteiger charge is -2.34. The van der Waals surface area contributed by atoms with E-state index in [9.17, 15) is 22.8 Å². The molecule has 0 radical (unpaired) electrons. The minimum atomic E-state index is -4.55. The van der Waals surface area contributed by atoms with E-state index in [1.54, 1.807) is 16.7 Å². The Morgan fingerprint density at radius 2 is 1.71 bits per heavy atom. The number of para-hydroxylation sites is 2. The van der Waals surface area contributed by atoms with Crippen molar-refractivity contribution in [2.45, 2.75) is 11.9 Å². The Hall–Kier alpha value is -2.98. The van der Waals surface area contributed by atoms with Gasteiger partial charge >= 0.3 is 6.18 Å². The first-order valence-electron chi connectivity index (χ1n) is 10.7. The second-order valence-electron chi connectivity index (χ2n) is 8.00. The zero-order chi connectivity index (χ0) is 24.3. The summed E-state index contributed by atoms with van der Waals surface area (Å²) in [4.78, 5) is 29.1. The van der Waals surface area contributed by atoms with Crippen molar-refractivity contribution in [1.29, 1.82) is 0 Å². The molecule has 34 heavy (non-hydrogen) atoms. The van der Waals surface area contributed by atoms with Gasteiger partial charge in [-0.1, -0.05) is 30.3 Å².